The van der Waals surface area contributed by atoms with Gasteiger partial charge in [0.05, 0.1) is 5.12 Å². The van der Waals surface area contributed by atoms with Crippen LogP contribution in [0.2, 0.25) is 0 Å². The molecular weight excluding hydrogens is 251 g/mol. The number of hydrogen-bond donors (Lipinski definition) is 0. The van der Waals surface area contributed by atoms with Crippen LogP contribution in [0.3, 0.4) is 0 Å². The van der Waals surface area contributed by atoms with E-state index < -0.39 is 7.13 Å². The lowest BCUT2D eigenvalue weighted by molar-refractivity contribution is 0.748. The summed E-state index contributed by atoms with van der Waals surface area (Å²) in [5.41, 5.74) is 0.910. The largest absolute Gasteiger partial charge is 0.434 e. The number of benzene rings is 3. The molecule has 0 aliphatic carbocycles. The molecule has 4 rings (SSSR count). The van der Waals surface area contributed by atoms with Gasteiger partial charge in [0.1, 0.15) is 12.7 Å². The topological polar surface area (TPSA) is 13.1 Å². The van der Waals surface area contributed by atoms with Gasteiger partial charge < -0.3 is 4.20 Å². The Morgan fingerprint density at radius 3 is 2.35 bits per heavy atom. The van der Waals surface area contributed by atoms with Crippen LogP contribution in [0.4, 0.5) is 0 Å². The molecule has 82 valence electrons. The van der Waals surface area contributed by atoms with Gasteiger partial charge in [0.2, 0.25) is 0 Å². The second kappa shape index (κ2) is 3.29. The van der Waals surface area contributed by atoms with Gasteiger partial charge in [-0.15, -0.1) is 0 Å². The van der Waals surface area contributed by atoms with E-state index in [-0.39, 0.29) is 0 Å². The molecule has 0 fully saturated rings. The zero-order chi connectivity index (χ0) is 11.4. The predicted molar refractivity (Wildman–Crippen MR) is 75.2 cm³/mol. The number of rotatable bonds is 0. The van der Waals surface area contributed by atoms with Crippen molar-refractivity contribution in [3.8, 4) is 0 Å². The Bertz CT molecular complexity index is 856. The van der Waals surface area contributed by atoms with Crippen LogP contribution in [-0.2, 0) is 0 Å². The van der Waals surface area contributed by atoms with Crippen LogP contribution in [0, 0.1) is 0 Å². The van der Waals surface area contributed by atoms with E-state index in [2.05, 4.69) is 30.3 Å². The summed E-state index contributed by atoms with van der Waals surface area (Å²) in [7, 11) is -1.05. The fourth-order valence-electron chi connectivity index (χ4n) is 2.46. The normalized spacial score (nSPS) is 12.9. The Labute approximate surface area is 104 Å². The molecule has 0 saturated carbocycles. The molecule has 17 heavy (non-hydrogen) atoms. The highest BCUT2D eigenvalue weighted by molar-refractivity contribution is 7.77. The molecular formula is C14H8ClOP. The van der Waals surface area contributed by atoms with Gasteiger partial charge in [-0.25, -0.2) is 0 Å². The van der Waals surface area contributed by atoms with Crippen LogP contribution in [0.5, 0.6) is 0 Å². The minimum Gasteiger partial charge on any atom is -0.434 e. The Kier molecular flexibility index (Phi) is 1.85. The smallest absolute Gasteiger partial charge is 0.146 e. The van der Waals surface area contributed by atoms with Gasteiger partial charge in [0.15, 0.2) is 0 Å². The maximum Gasteiger partial charge on any atom is 0.146 e. The van der Waals surface area contributed by atoms with Gasteiger partial charge in [0, 0.05) is 10.8 Å². The summed E-state index contributed by atoms with van der Waals surface area (Å²) in [6, 6.07) is 16.6. The van der Waals surface area contributed by atoms with E-state index in [0.29, 0.717) is 0 Å². The summed E-state index contributed by atoms with van der Waals surface area (Å²) in [4.78, 5) is 0. The second-order valence-corrected chi connectivity index (χ2v) is 6.21. The van der Waals surface area contributed by atoms with E-state index >= 15 is 0 Å². The van der Waals surface area contributed by atoms with Crippen LogP contribution >= 0.6 is 18.4 Å². The van der Waals surface area contributed by atoms with E-state index in [4.69, 9.17) is 15.4 Å². The van der Waals surface area contributed by atoms with Crippen molar-refractivity contribution in [2.75, 3.05) is 0 Å². The molecule has 4 aromatic rings. The van der Waals surface area contributed by atoms with E-state index in [1.165, 1.54) is 21.5 Å². The molecule has 1 heterocycles. The van der Waals surface area contributed by atoms with Crippen LogP contribution < -0.4 is 0 Å². The first-order valence-corrected chi connectivity index (χ1v) is 7.59. The van der Waals surface area contributed by atoms with Crippen molar-refractivity contribution in [2.24, 2.45) is 0 Å². The third-order valence-corrected chi connectivity index (χ3v) is 5.06. The number of halogens is 1. The SMILES string of the molecule is Clp1oc2cccc3ccc4cccc1c4c32. The zero-order valence-corrected chi connectivity index (χ0v) is 10.5. The summed E-state index contributed by atoms with van der Waals surface area (Å²) in [5, 5.41) is 6.03. The summed E-state index contributed by atoms with van der Waals surface area (Å²) in [5.74, 6) is 0. The zero-order valence-electron chi connectivity index (χ0n) is 8.85. The molecule has 0 bridgehead atoms. The van der Waals surface area contributed by atoms with Gasteiger partial charge in [-0.05, 0) is 34.1 Å². The van der Waals surface area contributed by atoms with Gasteiger partial charge in [0.25, 0.3) is 0 Å². The van der Waals surface area contributed by atoms with Crippen LogP contribution in [0.15, 0.2) is 52.7 Å². The third kappa shape index (κ3) is 1.21. The van der Waals surface area contributed by atoms with Crippen molar-refractivity contribution in [1.82, 2.24) is 0 Å². The molecule has 3 heteroatoms. The van der Waals surface area contributed by atoms with E-state index in [0.717, 1.165) is 10.7 Å². The molecule has 3 aromatic carbocycles. The second-order valence-electron chi connectivity index (χ2n) is 4.13. The van der Waals surface area contributed by atoms with Gasteiger partial charge in [-0.3, -0.25) is 0 Å². The first-order valence-electron chi connectivity index (χ1n) is 5.43. The first kappa shape index (κ1) is 9.58. The summed E-state index contributed by atoms with van der Waals surface area (Å²) >= 11 is 6.34. The van der Waals surface area contributed by atoms with Crippen molar-refractivity contribution in [1.29, 1.82) is 0 Å². The fourth-order valence-corrected chi connectivity index (χ4v) is 4.15. The average Bonchev–Trinajstić information content (AvgIpc) is 2.37. The Morgan fingerprint density at radius 1 is 0.824 bits per heavy atom. The lowest BCUT2D eigenvalue weighted by atomic mass is 10.0. The third-order valence-electron chi connectivity index (χ3n) is 3.19. The van der Waals surface area contributed by atoms with Crippen molar-refractivity contribution >= 4 is 50.6 Å². The molecule has 0 spiro atoms. The molecule has 0 N–H and O–H groups in total. The minimum atomic E-state index is -1.05. The highest BCUT2D eigenvalue weighted by Gasteiger charge is 2.11. The van der Waals surface area contributed by atoms with E-state index in [1.54, 1.807) is 0 Å². The van der Waals surface area contributed by atoms with Crippen LogP contribution in [0.25, 0.3) is 32.2 Å². The van der Waals surface area contributed by atoms with E-state index in [9.17, 15) is 0 Å². The molecule has 0 saturated heterocycles. The molecule has 0 aliphatic rings. The molecule has 0 aliphatic heterocycles. The summed E-state index contributed by atoms with van der Waals surface area (Å²) in [6.45, 7) is 0. The van der Waals surface area contributed by atoms with Crippen molar-refractivity contribution in [3.63, 3.8) is 0 Å². The van der Waals surface area contributed by atoms with Crippen molar-refractivity contribution < 1.29 is 4.20 Å². The lowest BCUT2D eigenvalue weighted by Crippen LogP contribution is -1.81. The monoisotopic (exact) mass is 258 g/mol. The Hall–Kier alpha value is -1.43. The molecule has 0 amide bonds. The number of hydrogen-bond acceptors (Lipinski definition) is 1. The average molecular weight is 259 g/mol. The van der Waals surface area contributed by atoms with Gasteiger partial charge in [-0.2, -0.15) is 0 Å². The van der Waals surface area contributed by atoms with Crippen LogP contribution in [0.1, 0.15) is 0 Å². The fraction of sp³-hybridized carbons (Fsp3) is 0. The highest BCUT2D eigenvalue weighted by atomic mass is 35.7. The minimum absolute atomic E-state index is 0.910. The Morgan fingerprint density at radius 2 is 1.53 bits per heavy atom. The van der Waals surface area contributed by atoms with E-state index in [1.807, 2.05) is 18.2 Å². The molecule has 1 nitrogen and oxygen atoms in total. The standard InChI is InChI=1S/C14H8ClOP/c15-17-12-6-2-4-10-8-7-9-3-1-5-11(16-17)13(9)14(10)12/h1-8H. The first-order chi connectivity index (χ1) is 8.34. The highest BCUT2D eigenvalue weighted by Crippen LogP contribution is 2.47. The summed E-state index contributed by atoms with van der Waals surface area (Å²) in [6.07, 6.45) is 0. The van der Waals surface area contributed by atoms with Gasteiger partial charge >= 0.3 is 0 Å². The maximum absolute atomic E-state index is 6.34. The summed E-state index contributed by atoms with van der Waals surface area (Å²) < 4.78 is 5.82. The van der Waals surface area contributed by atoms with Crippen LogP contribution in [-0.4, -0.2) is 0 Å². The Balaban J connectivity index is 2.50. The lowest BCUT2D eigenvalue weighted by Gasteiger charge is -2.10. The predicted octanol–water partition coefficient (Wildman–Crippen LogP) is 5.73. The molecule has 1 aromatic heterocycles. The molecule has 1 unspecified atom stereocenters. The molecule has 0 radical (unpaired) electrons. The van der Waals surface area contributed by atoms with Gasteiger partial charge in [-0.1, -0.05) is 36.4 Å². The van der Waals surface area contributed by atoms with Crippen molar-refractivity contribution in [2.45, 2.75) is 0 Å². The van der Waals surface area contributed by atoms with Crippen molar-refractivity contribution in [3.05, 3.63) is 48.5 Å². The maximum atomic E-state index is 6.34. The molecule has 1 atom stereocenters. The quantitative estimate of drug-likeness (QED) is 0.367.